The van der Waals surface area contributed by atoms with Gasteiger partial charge in [-0.2, -0.15) is 0 Å². The van der Waals surface area contributed by atoms with Crippen LogP contribution in [-0.2, 0) is 0 Å². The summed E-state index contributed by atoms with van der Waals surface area (Å²) in [5, 5.41) is 0. The van der Waals surface area contributed by atoms with Gasteiger partial charge in [-0.1, -0.05) is 0 Å². The molecule has 1 aromatic carbocycles. The van der Waals surface area contributed by atoms with Crippen molar-refractivity contribution in [3.8, 4) is 0 Å². The van der Waals surface area contributed by atoms with E-state index in [-0.39, 0.29) is 5.56 Å². The second kappa shape index (κ2) is 4.00. The minimum Gasteiger partial charge on any atom is -0.205 e. The predicted octanol–water partition coefficient (Wildman–Crippen LogP) is 4.30. The van der Waals surface area contributed by atoms with Crippen molar-refractivity contribution in [2.45, 2.75) is 13.3 Å². The summed E-state index contributed by atoms with van der Waals surface area (Å²) >= 11 is 5.34. The predicted molar refractivity (Wildman–Crippen MR) is 56.6 cm³/mol. The lowest BCUT2D eigenvalue weighted by atomic mass is 10.1. The first-order valence-corrected chi connectivity index (χ1v) is 5.13. The van der Waals surface area contributed by atoms with E-state index in [0.717, 1.165) is 13.6 Å². The van der Waals surface area contributed by atoms with E-state index in [9.17, 15) is 8.78 Å². The fourth-order valence-corrected chi connectivity index (χ4v) is 1.77. The Bertz CT molecular complexity index is 276. The highest BCUT2D eigenvalue weighted by Gasteiger charge is 2.10. The van der Waals surface area contributed by atoms with Crippen LogP contribution in [-0.4, -0.2) is 0 Å². The van der Waals surface area contributed by atoms with Crippen LogP contribution in [0.3, 0.4) is 0 Å². The van der Waals surface area contributed by atoms with Gasteiger partial charge in [0.15, 0.2) is 0 Å². The standard InChI is InChI=1S/C8H6BrF2I/c1-4-2-5(8(10)11)3-6(9)7(4)12/h2-3,8H,1H3. The number of halogens is 4. The Hall–Kier alpha value is 0.290. The smallest absolute Gasteiger partial charge is 0.205 e. The van der Waals surface area contributed by atoms with Gasteiger partial charge >= 0.3 is 0 Å². The van der Waals surface area contributed by atoms with Gasteiger partial charge in [-0.15, -0.1) is 0 Å². The molecule has 0 saturated carbocycles. The Morgan fingerprint density at radius 1 is 1.42 bits per heavy atom. The third kappa shape index (κ3) is 2.16. The molecule has 0 bridgehead atoms. The average Bonchev–Trinajstić information content (AvgIpc) is 1.99. The van der Waals surface area contributed by atoms with E-state index in [0.29, 0.717) is 0 Å². The summed E-state index contributed by atoms with van der Waals surface area (Å²) in [6.07, 6.45) is -2.39. The Morgan fingerprint density at radius 2 is 2.00 bits per heavy atom. The quantitative estimate of drug-likeness (QED) is 0.665. The number of hydrogen-bond donors (Lipinski definition) is 0. The van der Waals surface area contributed by atoms with Gasteiger partial charge in [0.2, 0.25) is 0 Å². The van der Waals surface area contributed by atoms with Crippen LogP contribution >= 0.6 is 38.5 Å². The van der Waals surface area contributed by atoms with E-state index >= 15 is 0 Å². The van der Waals surface area contributed by atoms with Crippen molar-refractivity contribution in [3.63, 3.8) is 0 Å². The minimum atomic E-state index is -2.39. The summed E-state index contributed by atoms with van der Waals surface area (Å²) in [5.41, 5.74) is 0.945. The molecule has 0 fully saturated rings. The number of rotatable bonds is 1. The zero-order chi connectivity index (χ0) is 9.30. The van der Waals surface area contributed by atoms with Gasteiger partial charge in [0.05, 0.1) is 0 Å². The first kappa shape index (κ1) is 10.4. The van der Waals surface area contributed by atoms with E-state index in [4.69, 9.17) is 0 Å². The number of alkyl halides is 2. The third-order valence-electron chi connectivity index (χ3n) is 1.48. The van der Waals surface area contributed by atoms with E-state index in [1.165, 1.54) is 12.1 Å². The van der Waals surface area contributed by atoms with Gasteiger partial charge < -0.3 is 0 Å². The second-order valence-electron chi connectivity index (χ2n) is 2.43. The molecule has 0 heterocycles. The lowest BCUT2D eigenvalue weighted by Gasteiger charge is -2.05. The summed E-state index contributed by atoms with van der Waals surface area (Å²) in [6.45, 7) is 1.82. The molecule has 0 nitrogen and oxygen atoms in total. The summed E-state index contributed by atoms with van der Waals surface area (Å²) < 4.78 is 26.2. The molecule has 0 aliphatic heterocycles. The average molecular weight is 347 g/mol. The fraction of sp³-hybridized carbons (Fsp3) is 0.250. The minimum absolute atomic E-state index is 0.0693. The highest BCUT2D eigenvalue weighted by atomic mass is 127. The zero-order valence-electron chi connectivity index (χ0n) is 6.24. The van der Waals surface area contributed by atoms with Gasteiger partial charge in [0, 0.05) is 13.6 Å². The topological polar surface area (TPSA) is 0 Å². The molecule has 1 rings (SSSR count). The van der Waals surface area contributed by atoms with Crippen LogP contribution in [0.1, 0.15) is 17.6 Å². The monoisotopic (exact) mass is 346 g/mol. The molecule has 0 amide bonds. The Kier molecular flexibility index (Phi) is 3.46. The van der Waals surface area contributed by atoms with Crippen molar-refractivity contribution in [3.05, 3.63) is 31.3 Å². The molecular formula is C8H6BrF2I. The molecule has 0 aliphatic rings. The van der Waals surface area contributed by atoms with Gasteiger partial charge in [0.25, 0.3) is 6.43 Å². The molecule has 0 saturated heterocycles. The molecule has 12 heavy (non-hydrogen) atoms. The second-order valence-corrected chi connectivity index (χ2v) is 4.37. The Labute approximate surface area is 91.6 Å². The highest BCUT2D eigenvalue weighted by molar-refractivity contribution is 14.1. The van der Waals surface area contributed by atoms with Crippen LogP contribution in [0.25, 0.3) is 0 Å². The number of aryl methyl sites for hydroxylation is 1. The van der Waals surface area contributed by atoms with Crippen molar-refractivity contribution in [2.75, 3.05) is 0 Å². The van der Waals surface area contributed by atoms with Crippen molar-refractivity contribution < 1.29 is 8.78 Å². The molecule has 0 aliphatic carbocycles. The van der Waals surface area contributed by atoms with Crippen molar-refractivity contribution in [1.29, 1.82) is 0 Å². The van der Waals surface area contributed by atoms with Crippen molar-refractivity contribution in [1.82, 2.24) is 0 Å². The van der Waals surface area contributed by atoms with E-state index in [1.54, 1.807) is 0 Å². The summed E-state index contributed by atoms with van der Waals surface area (Å²) in [7, 11) is 0. The number of hydrogen-bond acceptors (Lipinski definition) is 0. The Balaban J connectivity index is 3.21. The van der Waals surface area contributed by atoms with Crippen LogP contribution < -0.4 is 0 Å². The van der Waals surface area contributed by atoms with Crippen molar-refractivity contribution in [2.24, 2.45) is 0 Å². The molecular weight excluding hydrogens is 341 g/mol. The summed E-state index contributed by atoms with van der Waals surface area (Å²) in [6, 6.07) is 2.97. The third-order valence-corrected chi connectivity index (χ3v) is 4.28. The molecule has 0 radical (unpaired) electrons. The van der Waals surface area contributed by atoms with Gasteiger partial charge in [0.1, 0.15) is 0 Å². The van der Waals surface area contributed by atoms with E-state index in [1.807, 2.05) is 6.92 Å². The molecule has 0 aromatic heterocycles. The SMILES string of the molecule is Cc1cc(C(F)F)cc(Br)c1I. The lowest BCUT2D eigenvalue weighted by molar-refractivity contribution is 0.151. The van der Waals surface area contributed by atoms with Crippen molar-refractivity contribution >= 4 is 38.5 Å². The first-order valence-electron chi connectivity index (χ1n) is 3.26. The highest BCUT2D eigenvalue weighted by Crippen LogP contribution is 2.28. The van der Waals surface area contributed by atoms with Gasteiger partial charge in [-0.3, -0.25) is 0 Å². The van der Waals surface area contributed by atoms with Gasteiger partial charge in [-0.05, 0) is 63.1 Å². The molecule has 0 atom stereocenters. The molecule has 1 aromatic rings. The largest absolute Gasteiger partial charge is 0.263 e. The molecule has 0 N–H and O–H groups in total. The zero-order valence-corrected chi connectivity index (χ0v) is 9.99. The van der Waals surface area contributed by atoms with Crippen LogP contribution in [0.2, 0.25) is 0 Å². The molecule has 0 spiro atoms. The fourth-order valence-electron chi connectivity index (χ4n) is 0.879. The van der Waals surface area contributed by atoms with Crippen LogP contribution in [0.5, 0.6) is 0 Å². The lowest BCUT2D eigenvalue weighted by Crippen LogP contribution is -1.89. The number of benzene rings is 1. The molecule has 4 heteroatoms. The van der Waals surface area contributed by atoms with Gasteiger partial charge in [-0.25, -0.2) is 8.78 Å². The maximum atomic E-state index is 12.2. The molecule has 0 unspecified atom stereocenters. The maximum absolute atomic E-state index is 12.2. The maximum Gasteiger partial charge on any atom is 0.263 e. The van der Waals surface area contributed by atoms with Crippen LogP contribution in [0.15, 0.2) is 16.6 Å². The summed E-state index contributed by atoms with van der Waals surface area (Å²) in [4.78, 5) is 0. The van der Waals surface area contributed by atoms with E-state index in [2.05, 4.69) is 38.5 Å². The van der Waals surface area contributed by atoms with Crippen LogP contribution in [0.4, 0.5) is 8.78 Å². The molecule has 66 valence electrons. The normalized spacial score (nSPS) is 10.8. The first-order chi connectivity index (χ1) is 5.52. The summed E-state index contributed by atoms with van der Waals surface area (Å²) in [5.74, 6) is 0. The Morgan fingerprint density at radius 3 is 2.42 bits per heavy atom. The van der Waals surface area contributed by atoms with Crippen LogP contribution in [0, 0.1) is 10.5 Å². The van der Waals surface area contributed by atoms with E-state index < -0.39 is 6.43 Å².